The van der Waals surface area contributed by atoms with Gasteiger partial charge in [0.25, 0.3) is 5.91 Å². The Bertz CT molecular complexity index is 1760. The summed E-state index contributed by atoms with van der Waals surface area (Å²) in [6.07, 6.45) is -1.73. The van der Waals surface area contributed by atoms with Crippen LogP contribution in [0.25, 0.3) is 10.9 Å². The quantitative estimate of drug-likeness (QED) is 0.599. The van der Waals surface area contributed by atoms with Gasteiger partial charge in [0.2, 0.25) is 12.1 Å². The minimum Gasteiger partial charge on any atom is -0.493 e. The highest BCUT2D eigenvalue weighted by Crippen LogP contribution is 2.34. The molecule has 172 valence electrons. The van der Waals surface area contributed by atoms with Crippen molar-refractivity contribution >= 4 is 28.6 Å². The number of piperazine rings is 1. The van der Waals surface area contributed by atoms with Crippen LogP contribution in [0.15, 0.2) is 36.4 Å². The molecule has 10 heteroatoms. The highest BCUT2D eigenvalue weighted by molar-refractivity contribution is 5.91. The first-order valence-electron chi connectivity index (χ1n) is 17.2. The van der Waals surface area contributed by atoms with Crippen LogP contribution in [0.1, 0.15) is 19.2 Å². The number of carbonyl (C=O) groups is 1. The van der Waals surface area contributed by atoms with Crippen LogP contribution >= 0.6 is 0 Å². The van der Waals surface area contributed by atoms with Crippen molar-refractivity contribution in [3.8, 4) is 23.0 Å². The second-order valence-corrected chi connectivity index (χ2v) is 6.69. The third kappa shape index (κ3) is 3.88. The van der Waals surface area contributed by atoms with Crippen LogP contribution in [0, 0.1) is 0 Å². The second kappa shape index (κ2) is 8.53. The number of fused-ring (bicyclic) bond motifs is 2. The zero-order valence-corrected chi connectivity index (χ0v) is 16.5. The number of amides is 1. The molecule has 3 aromatic rings. The first-order valence-corrected chi connectivity index (χ1v) is 9.34. The molecule has 2 N–H and O–H groups in total. The predicted molar refractivity (Wildman–Crippen MR) is 122 cm³/mol. The zero-order chi connectivity index (χ0) is 36.7. The molecule has 0 radical (unpaired) electrons. The van der Waals surface area contributed by atoms with Crippen molar-refractivity contribution in [3.05, 3.63) is 36.4 Å². The number of rotatable bonds is 5. The lowest BCUT2D eigenvalue weighted by Gasteiger charge is -2.37. The van der Waals surface area contributed by atoms with E-state index in [0.717, 1.165) is 12.1 Å². The van der Waals surface area contributed by atoms with E-state index in [2.05, 4.69) is 9.97 Å². The van der Waals surface area contributed by atoms with E-state index in [4.69, 9.17) is 41.0 Å². The molecule has 33 heavy (non-hydrogen) atoms. The minimum absolute atomic E-state index is 0.0413. The molecular weight excluding hydrogens is 426 g/mol. The van der Waals surface area contributed by atoms with Gasteiger partial charge in [-0.3, -0.25) is 4.79 Å². The van der Waals surface area contributed by atoms with Crippen LogP contribution in [0.4, 0.5) is 11.8 Å². The maximum absolute atomic E-state index is 13.7. The number of methoxy groups -OCH3 is 2. The van der Waals surface area contributed by atoms with Crippen LogP contribution in [0.3, 0.4) is 0 Å². The molecule has 1 amide bonds. The Labute approximate surface area is 213 Å². The number of anilines is 2. The molecule has 10 nitrogen and oxygen atoms in total. The average molecular weight is 468 g/mol. The van der Waals surface area contributed by atoms with E-state index in [-0.39, 0.29) is 32.4 Å². The summed E-state index contributed by atoms with van der Waals surface area (Å²) in [5.74, 6) is -4.69. The van der Waals surface area contributed by atoms with Crippen LogP contribution in [-0.4, -0.2) is 73.5 Å². The fraction of sp³-hybridized carbons (Fsp3) is 0.348. The number of hydrogen-bond donors (Lipinski definition) is 1. The van der Waals surface area contributed by atoms with Gasteiger partial charge in [-0.1, -0.05) is 12.1 Å². The molecule has 1 unspecified atom stereocenters. The van der Waals surface area contributed by atoms with E-state index in [1.807, 2.05) is 0 Å². The topological polar surface area (TPSA) is 112 Å². The Morgan fingerprint density at radius 3 is 2.67 bits per heavy atom. The van der Waals surface area contributed by atoms with Gasteiger partial charge in [0.05, 0.1) is 38.8 Å². The molecule has 0 bridgehead atoms. The molecule has 2 aromatic carbocycles. The minimum atomic E-state index is -3.73. The summed E-state index contributed by atoms with van der Waals surface area (Å²) in [7, 11) is -6.34. The molecule has 0 aliphatic carbocycles. The maximum atomic E-state index is 13.7. The summed E-state index contributed by atoms with van der Waals surface area (Å²) in [4.78, 5) is 21.1. The summed E-state index contributed by atoms with van der Waals surface area (Å²) >= 11 is 0. The number of para-hydroxylation sites is 2. The Morgan fingerprint density at radius 2 is 1.91 bits per heavy atom. The van der Waals surface area contributed by atoms with Crippen molar-refractivity contribution < 1.29 is 45.8 Å². The van der Waals surface area contributed by atoms with Crippen molar-refractivity contribution in [2.45, 2.75) is 6.10 Å². The van der Waals surface area contributed by atoms with Gasteiger partial charge < -0.3 is 34.5 Å². The van der Waals surface area contributed by atoms with Crippen LogP contribution in [-0.2, 0) is 4.79 Å². The van der Waals surface area contributed by atoms with Gasteiger partial charge in [-0.05, 0) is 18.2 Å². The third-order valence-corrected chi connectivity index (χ3v) is 4.70. The molecule has 0 spiro atoms. The third-order valence-electron chi connectivity index (χ3n) is 4.70. The number of ether oxygens (including phenoxy) is 4. The standard InChI is InChI=1S/C23H25N5O5/c1-30-18-11-14-15(12-19(18)31-2)25-23(26-21(14)24)28-9-7-27(8-10-28)22(29)20-13-32-16-5-3-4-6-17(16)33-20/h3-6,11-12,20H,7-10,13H2,1-2H3,(H2,24,25,26)/i1D3,2D3,7D2,8D2,9D2,10D2/hD2. The Hall–Kier alpha value is -3.95. The van der Waals surface area contributed by atoms with Gasteiger partial charge in [-0.2, -0.15) is 4.98 Å². The normalized spacial score (nSPS) is 31.6. The monoisotopic (exact) mass is 467 g/mol. The van der Waals surface area contributed by atoms with Crippen molar-refractivity contribution in [2.75, 3.05) is 57.3 Å². The van der Waals surface area contributed by atoms with E-state index >= 15 is 0 Å². The first kappa shape index (κ1) is 9.50. The Kier molecular flexibility index (Phi) is 2.46. The zero-order valence-electron chi connectivity index (χ0n) is 32.5. The van der Waals surface area contributed by atoms with Gasteiger partial charge in [0.15, 0.2) is 25.8 Å². The molecule has 2 aliphatic heterocycles. The highest BCUT2D eigenvalue weighted by atomic mass is 16.6. The molecule has 1 saturated heterocycles. The molecular formula is C23H25N5O5. The van der Waals surface area contributed by atoms with Gasteiger partial charge in [0.1, 0.15) is 12.4 Å². The summed E-state index contributed by atoms with van der Waals surface area (Å²) in [6.45, 7) is -15.5. The predicted octanol–water partition coefficient (Wildman–Crippen LogP) is 1.72. The SMILES string of the molecule is [2H]N([2H])c1nc(N2C([2H])([2H])C([2H])([2H])N(C(=O)C3COc4ccccc4O3)C([2H])([2H])C2([2H])[2H])nc2cc(OC([2H])([2H])[2H])c(OC([2H])([2H])[2H])cc12. The smallest absolute Gasteiger partial charge is 0.267 e. The van der Waals surface area contributed by atoms with Crippen molar-refractivity contribution in [2.24, 2.45) is 0 Å². The average Bonchev–Trinajstić information content (AvgIpc) is 2.94. The van der Waals surface area contributed by atoms with Crippen LogP contribution in [0.2, 0.25) is 2.82 Å². The van der Waals surface area contributed by atoms with Crippen molar-refractivity contribution in [3.63, 3.8) is 0 Å². The molecule has 1 atom stereocenters. The van der Waals surface area contributed by atoms with Crippen molar-refractivity contribution in [1.29, 1.82) is 0 Å². The van der Waals surface area contributed by atoms with Gasteiger partial charge >= 0.3 is 0 Å². The summed E-state index contributed by atoms with van der Waals surface area (Å²) in [5, 5.41) is -0.387. The molecule has 3 heterocycles. The Morgan fingerprint density at radius 1 is 1.15 bits per heavy atom. The molecule has 5 rings (SSSR count). The number of benzene rings is 2. The molecule has 1 aromatic heterocycles. The summed E-state index contributed by atoms with van der Waals surface area (Å²) in [6, 6.07) is 7.63. The first-order chi connectivity index (χ1) is 22.3. The van der Waals surface area contributed by atoms with Crippen molar-refractivity contribution in [1.82, 2.24) is 14.9 Å². The number of nitrogens with zero attached hydrogens (tertiary/aromatic N) is 4. The summed E-state index contributed by atoms with van der Waals surface area (Å²) < 4.78 is 151. The lowest BCUT2D eigenvalue weighted by molar-refractivity contribution is -0.141. The molecule has 2 aliphatic rings. The van der Waals surface area contributed by atoms with E-state index in [0.29, 0.717) is 0 Å². The number of hydrogen-bond acceptors (Lipinski definition) is 9. The fourth-order valence-electron chi connectivity index (χ4n) is 3.12. The fourth-order valence-corrected chi connectivity index (χ4v) is 3.12. The number of aromatic nitrogens is 2. The number of carbonyl (C=O) groups excluding carboxylic acids is 1. The number of nitrogen functional groups attached to an aromatic ring is 1. The lowest BCUT2D eigenvalue weighted by atomic mass is 10.2. The van der Waals surface area contributed by atoms with E-state index in [1.54, 1.807) is 6.07 Å². The maximum Gasteiger partial charge on any atom is 0.267 e. The Balaban J connectivity index is 1.66. The second-order valence-electron chi connectivity index (χ2n) is 6.69. The van der Waals surface area contributed by atoms with Crippen LogP contribution in [0.5, 0.6) is 23.0 Å². The molecule has 1 fully saturated rings. The largest absolute Gasteiger partial charge is 0.493 e. The van der Waals surface area contributed by atoms with Gasteiger partial charge in [-0.15, -0.1) is 0 Å². The number of nitrogens with two attached hydrogens (primary N) is 1. The van der Waals surface area contributed by atoms with Gasteiger partial charge in [0, 0.05) is 37.4 Å². The molecule has 0 saturated carbocycles. The van der Waals surface area contributed by atoms with Gasteiger partial charge in [-0.25, -0.2) is 4.98 Å². The highest BCUT2D eigenvalue weighted by Gasteiger charge is 2.33. The van der Waals surface area contributed by atoms with E-state index in [1.165, 1.54) is 18.2 Å². The van der Waals surface area contributed by atoms with E-state index < -0.39 is 87.5 Å². The lowest BCUT2D eigenvalue weighted by Crippen LogP contribution is -2.54. The van der Waals surface area contributed by atoms with E-state index in [9.17, 15) is 4.79 Å². The summed E-state index contributed by atoms with van der Waals surface area (Å²) in [5.41, 5.74) is -0.692. The van der Waals surface area contributed by atoms with Crippen LogP contribution < -0.4 is 29.6 Å².